The maximum absolute atomic E-state index is 13.4. The van der Waals surface area contributed by atoms with Crippen molar-refractivity contribution < 1.29 is 18.3 Å². The highest BCUT2D eigenvalue weighted by molar-refractivity contribution is 7.07. The smallest absolute Gasteiger partial charge is 0.387 e. The van der Waals surface area contributed by atoms with Crippen molar-refractivity contribution in [2.45, 2.75) is 44.8 Å². The van der Waals surface area contributed by atoms with E-state index in [2.05, 4.69) is 10.1 Å². The highest BCUT2D eigenvalue weighted by Gasteiger charge is 2.21. The van der Waals surface area contributed by atoms with E-state index < -0.39 is 12.5 Å². The van der Waals surface area contributed by atoms with Gasteiger partial charge in [0, 0.05) is 6.04 Å². The number of para-hydroxylation sites is 1. The second-order valence-electron chi connectivity index (χ2n) is 8.13. The summed E-state index contributed by atoms with van der Waals surface area (Å²) in [6.07, 6.45) is 6.52. The first-order valence-corrected chi connectivity index (χ1v) is 12.1. The predicted octanol–water partition coefficient (Wildman–Crippen LogP) is 3.45. The first-order chi connectivity index (χ1) is 17.0. The molecule has 1 saturated carbocycles. The van der Waals surface area contributed by atoms with Gasteiger partial charge in [0.05, 0.1) is 10.2 Å². The van der Waals surface area contributed by atoms with Gasteiger partial charge in [-0.1, -0.05) is 49.6 Å². The third-order valence-corrected chi connectivity index (χ3v) is 6.83. The minimum Gasteiger partial charge on any atom is -0.435 e. The largest absolute Gasteiger partial charge is 0.435 e. The number of aromatic nitrogens is 1. The van der Waals surface area contributed by atoms with Gasteiger partial charge < -0.3 is 10.1 Å². The Kier molecular flexibility index (Phi) is 7.73. The lowest BCUT2D eigenvalue weighted by atomic mass is 9.95. The third kappa shape index (κ3) is 5.84. The van der Waals surface area contributed by atoms with Crippen LogP contribution in [0.15, 0.2) is 59.4 Å². The highest BCUT2D eigenvalue weighted by atomic mass is 32.1. The average molecular weight is 496 g/mol. The molecule has 1 N–H and O–H groups in total. The first-order valence-electron chi connectivity index (χ1n) is 11.3. The molecule has 35 heavy (non-hydrogen) atoms. The number of hydrogen-bond donors (Lipinski definition) is 1. The lowest BCUT2D eigenvalue weighted by Gasteiger charge is -2.22. The number of benzene rings is 2. The number of hydrogen-bond acceptors (Lipinski definition) is 5. The van der Waals surface area contributed by atoms with Crippen molar-refractivity contribution in [2.75, 3.05) is 0 Å². The van der Waals surface area contributed by atoms with E-state index in [0.29, 0.717) is 15.8 Å². The van der Waals surface area contributed by atoms with Gasteiger partial charge in [-0.15, -0.1) is 11.3 Å². The Bertz CT molecular complexity index is 1400. The van der Waals surface area contributed by atoms with E-state index in [4.69, 9.17) is 0 Å². The van der Waals surface area contributed by atoms with Crippen molar-refractivity contribution in [3.8, 4) is 17.5 Å². The van der Waals surface area contributed by atoms with Crippen LogP contribution in [0.25, 0.3) is 17.3 Å². The maximum Gasteiger partial charge on any atom is 0.387 e. The Balaban J connectivity index is 1.83. The molecule has 1 amide bonds. The monoisotopic (exact) mass is 495 g/mol. The van der Waals surface area contributed by atoms with E-state index in [1.807, 2.05) is 6.07 Å². The molecule has 180 valence electrons. The van der Waals surface area contributed by atoms with Gasteiger partial charge in [0.2, 0.25) is 0 Å². The fourth-order valence-corrected chi connectivity index (χ4v) is 5.16. The topological polar surface area (TPSA) is 84.1 Å². The van der Waals surface area contributed by atoms with Gasteiger partial charge in [-0.2, -0.15) is 14.0 Å². The number of thiazole rings is 1. The molecule has 1 aliphatic carbocycles. The summed E-state index contributed by atoms with van der Waals surface area (Å²) in [5, 5.41) is 12.9. The number of ether oxygens (including phenoxy) is 1. The van der Waals surface area contributed by atoms with Gasteiger partial charge >= 0.3 is 6.61 Å². The van der Waals surface area contributed by atoms with E-state index in [9.17, 15) is 23.6 Å². The summed E-state index contributed by atoms with van der Waals surface area (Å²) >= 11 is 1.04. The van der Waals surface area contributed by atoms with Crippen LogP contribution in [0.1, 0.15) is 37.7 Å². The maximum atomic E-state index is 13.4. The second-order valence-corrected chi connectivity index (χ2v) is 9.17. The van der Waals surface area contributed by atoms with E-state index in [0.717, 1.165) is 43.4 Å². The van der Waals surface area contributed by atoms with Crippen molar-refractivity contribution in [3.63, 3.8) is 0 Å². The third-order valence-electron chi connectivity index (χ3n) is 5.73. The van der Waals surface area contributed by atoms with Crippen molar-refractivity contribution >= 4 is 28.9 Å². The van der Waals surface area contributed by atoms with Crippen LogP contribution in [-0.2, 0) is 4.79 Å². The number of amides is 1. The molecule has 0 unspecified atom stereocenters. The van der Waals surface area contributed by atoms with E-state index in [1.54, 1.807) is 48.5 Å². The van der Waals surface area contributed by atoms with Gasteiger partial charge in [-0.05, 0) is 48.7 Å². The lowest BCUT2D eigenvalue weighted by Crippen LogP contribution is -2.39. The number of alkyl halides is 2. The van der Waals surface area contributed by atoms with Crippen LogP contribution in [0.2, 0.25) is 0 Å². The Hall–Kier alpha value is -3.77. The Morgan fingerprint density at radius 2 is 1.80 bits per heavy atom. The summed E-state index contributed by atoms with van der Waals surface area (Å²) in [6, 6.07) is 16.7. The van der Waals surface area contributed by atoms with Gasteiger partial charge in [0.1, 0.15) is 16.5 Å². The molecule has 0 bridgehead atoms. The van der Waals surface area contributed by atoms with Crippen LogP contribution in [0, 0.1) is 11.3 Å². The lowest BCUT2D eigenvalue weighted by molar-refractivity contribution is -0.116. The Morgan fingerprint density at radius 3 is 2.43 bits per heavy atom. The van der Waals surface area contributed by atoms with Crippen molar-refractivity contribution in [1.29, 1.82) is 5.26 Å². The standard InChI is InChI=1S/C26H23F2N3O3S/c27-26(28)34-20-13-11-17(12-14-20)15-22-24(33)31(19-9-5-2-6-10-19)25(35-22)21(16-29)23(32)30-18-7-3-1-4-8-18/h2,5-6,9-15,18,26H,1,3-4,7-8H2,(H,30,32). The molecule has 9 heteroatoms. The Labute approximate surface area is 204 Å². The van der Waals surface area contributed by atoms with Crippen LogP contribution < -0.4 is 24.8 Å². The number of halogens is 2. The molecule has 3 aromatic rings. The van der Waals surface area contributed by atoms with Crippen molar-refractivity contribution in [2.24, 2.45) is 0 Å². The molecule has 0 saturated heterocycles. The number of carbonyl (C=O) groups excluding carboxylic acids is 1. The molecule has 0 spiro atoms. The zero-order chi connectivity index (χ0) is 24.8. The van der Waals surface area contributed by atoms with Crippen LogP contribution in [0.3, 0.4) is 0 Å². The quantitative estimate of drug-likeness (QED) is 0.568. The molecule has 2 aromatic carbocycles. The zero-order valence-electron chi connectivity index (χ0n) is 18.7. The van der Waals surface area contributed by atoms with Gasteiger partial charge in [-0.3, -0.25) is 14.2 Å². The van der Waals surface area contributed by atoms with E-state index in [1.165, 1.54) is 16.7 Å². The molecule has 1 aromatic heterocycles. The molecule has 1 fully saturated rings. The summed E-state index contributed by atoms with van der Waals surface area (Å²) in [5.74, 6) is -0.490. The van der Waals surface area contributed by atoms with E-state index in [-0.39, 0.29) is 27.6 Å². The molecule has 4 rings (SSSR count). The Morgan fingerprint density at radius 1 is 1.11 bits per heavy atom. The summed E-state index contributed by atoms with van der Waals surface area (Å²) in [4.78, 5) is 26.5. The van der Waals surface area contributed by atoms with E-state index >= 15 is 0 Å². The molecule has 0 atom stereocenters. The zero-order valence-corrected chi connectivity index (χ0v) is 19.6. The highest BCUT2D eigenvalue weighted by Crippen LogP contribution is 2.18. The molecule has 6 nitrogen and oxygen atoms in total. The second kappa shape index (κ2) is 11.1. The molecule has 1 heterocycles. The van der Waals surface area contributed by atoms with Gasteiger partial charge in [0.15, 0.2) is 5.57 Å². The number of rotatable bonds is 6. The molecule has 0 aliphatic heterocycles. The minimum absolute atomic E-state index is 0.00481. The SMILES string of the molecule is N#CC(C(=O)NC1CCCCC1)=c1sc(=Cc2ccc(OC(F)F)cc2)c(=O)n1-c1ccccc1. The molecule has 0 radical (unpaired) electrons. The first kappa shape index (κ1) is 24.4. The van der Waals surface area contributed by atoms with Crippen LogP contribution in [0.5, 0.6) is 5.75 Å². The predicted molar refractivity (Wildman–Crippen MR) is 130 cm³/mol. The van der Waals surface area contributed by atoms with Crippen LogP contribution in [-0.4, -0.2) is 23.1 Å². The van der Waals surface area contributed by atoms with Gasteiger partial charge in [-0.25, -0.2) is 0 Å². The summed E-state index contributed by atoms with van der Waals surface area (Å²) in [5.41, 5.74) is 0.605. The average Bonchev–Trinajstić information content (AvgIpc) is 3.17. The minimum atomic E-state index is -2.93. The summed E-state index contributed by atoms with van der Waals surface area (Å²) in [7, 11) is 0. The van der Waals surface area contributed by atoms with Crippen molar-refractivity contribution in [1.82, 2.24) is 9.88 Å². The fourth-order valence-electron chi connectivity index (χ4n) is 4.06. The normalized spacial score (nSPS) is 15.5. The van der Waals surface area contributed by atoms with Gasteiger partial charge in [0.25, 0.3) is 11.5 Å². The van der Waals surface area contributed by atoms with Crippen molar-refractivity contribution in [3.05, 3.63) is 79.7 Å². The summed E-state index contributed by atoms with van der Waals surface area (Å²) < 4.78 is 31.1. The number of nitrogens with zero attached hydrogens (tertiary/aromatic N) is 2. The van der Waals surface area contributed by atoms with Crippen LogP contribution >= 0.6 is 11.3 Å². The molecule has 1 aliphatic rings. The number of nitrogens with one attached hydrogen (secondary N) is 1. The number of carbonyl (C=O) groups is 1. The number of nitriles is 1. The van der Waals surface area contributed by atoms with Crippen LogP contribution in [0.4, 0.5) is 8.78 Å². The fraction of sp³-hybridized carbons (Fsp3) is 0.269. The summed E-state index contributed by atoms with van der Waals surface area (Å²) in [6.45, 7) is -2.93. The molecular formula is C26H23F2N3O3S. The molecular weight excluding hydrogens is 472 g/mol.